The average molecular weight is 575 g/mol. The molecule has 0 radical (unpaired) electrons. The Bertz CT molecular complexity index is 1400. The summed E-state index contributed by atoms with van der Waals surface area (Å²) in [5.74, 6) is 1.35. The minimum absolute atomic E-state index is 0.0144. The predicted molar refractivity (Wildman–Crippen MR) is 161 cm³/mol. The number of nitrogens with two attached hydrogens (primary N) is 1. The molecule has 6 rings (SSSR count). The lowest BCUT2D eigenvalue weighted by molar-refractivity contribution is 0.0923. The van der Waals surface area contributed by atoms with Crippen molar-refractivity contribution in [1.82, 2.24) is 24.6 Å². The van der Waals surface area contributed by atoms with E-state index in [9.17, 15) is 9.59 Å². The maximum Gasteiger partial charge on any atom is 0.271 e. The third-order valence-electron chi connectivity index (χ3n) is 8.72. The highest BCUT2D eigenvalue weighted by Gasteiger charge is 2.31. The van der Waals surface area contributed by atoms with E-state index in [0.717, 1.165) is 56.0 Å². The number of anilines is 3. The quantitative estimate of drug-likeness (QED) is 0.364. The largest absolute Gasteiger partial charge is 0.364 e. The van der Waals surface area contributed by atoms with E-state index in [1.54, 1.807) is 6.20 Å². The topological polar surface area (TPSA) is 129 Å². The van der Waals surface area contributed by atoms with Gasteiger partial charge in [-0.3, -0.25) is 9.59 Å². The van der Waals surface area contributed by atoms with Crippen molar-refractivity contribution < 1.29 is 9.59 Å². The van der Waals surface area contributed by atoms with Gasteiger partial charge < -0.3 is 26.2 Å². The first-order chi connectivity index (χ1) is 19.9. The molecule has 0 spiro atoms. The number of benzene rings is 1. The van der Waals surface area contributed by atoms with Crippen molar-refractivity contribution in [2.24, 2.45) is 5.73 Å². The van der Waals surface area contributed by atoms with Gasteiger partial charge in [0.2, 0.25) is 0 Å². The van der Waals surface area contributed by atoms with E-state index in [4.69, 9.17) is 10.7 Å². The molecule has 3 fully saturated rings. The monoisotopic (exact) mass is 574 g/mol. The number of primary amides is 1. The van der Waals surface area contributed by atoms with Crippen LogP contribution < -0.4 is 21.3 Å². The highest BCUT2D eigenvalue weighted by molar-refractivity contribution is 7.10. The molecule has 1 saturated carbocycles. The normalized spacial score (nSPS) is 22.0. The van der Waals surface area contributed by atoms with Crippen LogP contribution in [-0.4, -0.2) is 69.8 Å². The predicted octanol–water partition coefficient (Wildman–Crippen LogP) is 4.25. The first kappa shape index (κ1) is 27.6. The van der Waals surface area contributed by atoms with E-state index in [1.165, 1.54) is 29.9 Å². The first-order valence-corrected chi connectivity index (χ1v) is 15.4. The Balaban J connectivity index is 1.16. The van der Waals surface area contributed by atoms with Gasteiger partial charge in [0.05, 0.1) is 11.9 Å². The average Bonchev–Trinajstić information content (AvgIpc) is 3.73. The summed E-state index contributed by atoms with van der Waals surface area (Å²) in [4.78, 5) is 39.0. The molecule has 11 heteroatoms. The second-order valence-electron chi connectivity index (χ2n) is 11.7. The number of hydrogen-bond acceptors (Lipinski definition) is 9. The summed E-state index contributed by atoms with van der Waals surface area (Å²) in [5.41, 5.74) is 8.82. The molecule has 0 bridgehead atoms. The van der Waals surface area contributed by atoms with Crippen LogP contribution in [0.5, 0.6) is 0 Å². The van der Waals surface area contributed by atoms with Crippen LogP contribution in [0.4, 0.5) is 16.6 Å². The Morgan fingerprint density at radius 2 is 1.78 bits per heavy atom. The van der Waals surface area contributed by atoms with Crippen molar-refractivity contribution in [2.75, 3.05) is 36.9 Å². The molecule has 1 aliphatic carbocycles. The minimum atomic E-state index is -0.642. The second-order valence-corrected chi connectivity index (χ2v) is 12.5. The summed E-state index contributed by atoms with van der Waals surface area (Å²) in [6, 6.07) is 9.99. The number of nitrogens with one attached hydrogen (secondary N) is 2. The Kier molecular flexibility index (Phi) is 7.90. The molecule has 2 amide bonds. The molecule has 216 valence electrons. The van der Waals surface area contributed by atoms with Gasteiger partial charge in [0.25, 0.3) is 11.8 Å². The van der Waals surface area contributed by atoms with Crippen LogP contribution in [0.25, 0.3) is 0 Å². The molecule has 4 heterocycles. The van der Waals surface area contributed by atoms with Crippen LogP contribution in [0.15, 0.2) is 36.5 Å². The second kappa shape index (κ2) is 11.7. The van der Waals surface area contributed by atoms with E-state index in [-0.39, 0.29) is 23.7 Å². The Morgan fingerprint density at radius 3 is 2.49 bits per heavy atom. The Morgan fingerprint density at radius 1 is 1.02 bits per heavy atom. The number of rotatable bonds is 8. The Labute approximate surface area is 244 Å². The number of nitrogens with zero attached hydrogens (tertiary/aromatic N) is 5. The molecule has 3 aliphatic rings. The van der Waals surface area contributed by atoms with Crippen LogP contribution in [0.3, 0.4) is 0 Å². The molecule has 3 aromatic rings. The van der Waals surface area contributed by atoms with Gasteiger partial charge in [0.15, 0.2) is 11.5 Å². The SMILES string of the molecule is C[C@@H]1[C@H](NC(=O)c2ccc(C3CC3)cc2)CCCN1c1cnc(C(N)=O)c(Nc2cc(C3CCN(C)CC3)ns2)n1. The van der Waals surface area contributed by atoms with Gasteiger partial charge in [0, 0.05) is 30.1 Å². The number of amides is 2. The zero-order valence-electron chi connectivity index (χ0n) is 23.7. The van der Waals surface area contributed by atoms with Crippen LogP contribution in [0.2, 0.25) is 0 Å². The van der Waals surface area contributed by atoms with Crippen LogP contribution in [0, 0.1) is 0 Å². The minimum Gasteiger partial charge on any atom is -0.364 e. The lowest BCUT2D eigenvalue weighted by Gasteiger charge is -2.40. The van der Waals surface area contributed by atoms with E-state index in [0.29, 0.717) is 29.0 Å². The Hall–Kier alpha value is -3.57. The number of piperidine rings is 2. The summed E-state index contributed by atoms with van der Waals surface area (Å²) in [5, 5.41) is 7.32. The molecule has 1 aromatic carbocycles. The molecule has 0 unspecified atom stereocenters. The smallest absolute Gasteiger partial charge is 0.271 e. The van der Waals surface area contributed by atoms with E-state index in [2.05, 4.69) is 55.9 Å². The summed E-state index contributed by atoms with van der Waals surface area (Å²) in [6.45, 7) is 4.99. The molecule has 2 saturated heterocycles. The number of carbonyl (C=O) groups excluding carboxylic acids is 2. The van der Waals surface area contributed by atoms with Gasteiger partial charge in [-0.2, -0.15) is 4.37 Å². The summed E-state index contributed by atoms with van der Waals surface area (Å²) in [7, 11) is 2.15. The van der Waals surface area contributed by atoms with Crippen molar-refractivity contribution >= 4 is 40.0 Å². The molecular weight excluding hydrogens is 536 g/mol. The van der Waals surface area contributed by atoms with Crippen LogP contribution in [0.1, 0.15) is 89.4 Å². The van der Waals surface area contributed by atoms with Crippen molar-refractivity contribution in [3.05, 3.63) is 59.0 Å². The van der Waals surface area contributed by atoms with E-state index < -0.39 is 5.91 Å². The maximum atomic E-state index is 13.1. The molecule has 2 atom stereocenters. The summed E-state index contributed by atoms with van der Waals surface area (Å²) >= 11 is 1.36. The zero-order chi connectivity index (χ0) is 28.5. The van der Waals surface area contributed by atoms with Crippen molar-refractivity contribution in [1.29, 1.82) is 0 Å². The van der Waals surface area contributed by atoms with E-state index in [1.807, 2.05) is 18.2 Å². The lowest BCUT2D eigenvalue weighted by atomic mass is 9.94. The molecule has 41 heavy (non-hydrogen) atoms. The highest BCUT2D eigenvalue weighted by atomic mass is 32.1. The van der Waals surface area contributed by atoms with Crippen molar-refractivity contribution in [3.63, 3.8) is 0 Å². The number of hydrogen-bond donors (Lipinski definition) is 3. The molecule has 2 aromatic heterocycles. The molecule has 2 aliphatic heterocycles. The third kappa shape index (κ3) is 6.20. The number of carbonyl (C=O) groups is 2. The maximum absolute atomic E-state index is 13.1. The number of likely N-dealkylation sites (tertiary alicyclic amines) is 1. The first-order valence-electron chi connectivity index (χ1n) is 14.6. The third-order valence-corrected chi connectivity index (χ3v) is 9.44. The standard InChI is InChI=1S/C30H38N8O2S/c1-18-23(33-30(40)22-9-7-20(8-10-22)19-5-6-19)4-3-13-38(18)25-17-32-27(28(31)39)29(34-25)35-26-16-24(36-41-26)21-11-14-37(2)15-12-21/h7-10,16-19,21,23H,3-6,11-15H2,1-2H3,(H2,31,39)(H,33,40)(H,34,35)/t18-,23-/m1/s1. The van der Waals surface area contributed by atoms with Gasteiger partial charge >= 0.3 is 0 Å². The van der Waals surface area contributed by atoms with E-state index >= 15 is 0 Å². The lowest BCUT2D eigenvalue weighted by Crippen LogP contribution is -2.54. The van der Waals surface area contributed by atoms with Crippen molar-refractivity contribution in [2.45, 2.75) is 69.4 Å². The fraction of sp³-hybridized carbons (Fsp3) is 0.500. The molecule has 4 N–H and O–H groups in total. The van der Waals surface area contributed by atoms with Crippen LogP contribution >= 0.6 is 11.5 Å². The fourth-order valence-corrected chi connectivity index (χ4v) is 6.70. The zero-order valence-corrected chi connectivity index (χ0v) is 24.5. The number of aromatic nitrogens is 3. The van der Waals surface area contributed by atoms with Gasteiger partial charge in [-0.05, 0) is 107 Å². The molecule has 10 nitrogen and oxygen atoms in total. The van der Waals surface area contributed by atoms with Crippen LogP contribution in [-0.2, 0) is 0 Å². The van der Waals surface area contributed by atoms with Crippen molar-refractivity contribution in [3.8, 4) is 0 Å². The fourth-order valence-electron chi connectivity index (χ4n) is 5.98. The summed E-state index contributed by atoms with van der Waals surface area (Å²) < 4.78 is 4.68. The van der Waals surface area contributed by atoms with Gasteiger partial charge in [-0.1, -0.05) is 12.1 Å². The van der Waals surface area contributed by atoms with Gasteiger partial charge in [0.1, 0.15) is 10.8 Å². The van der Waals surface area contributed by atoms with Gasteiger partial charge in [-0.25, -0.2) is 9.97 Å². The highest BCUT2D eigenvalue weighted by Crippen LogP contribution is 2.40. The molecular formula is C30H38N8O2S. The summed E-state index contributed by atoms with van der Waals surface area (Å²) in [6.07, 6.45) is 8.01. The van der Waals surface area contributed by atoms with Gasteiger partial charge in [-0.15, -0.1) is 0 Å².